The Morgan fingerprint density at radius 3 is 2.18 bits per heavy atom. The highest BCUT2D eigenvalue weighted by Crippen LogP contribution is 2.34. The molecule has 1 aliphatic heterocycles. The van der Waals surface area contributed by atoms with Gasteiger partial charge in [-0.1, -0.05) is 41.9 Å². The van der Waals surface area contributed by atoms with Crippen LogP contribution in [0.1, 0.15) is 43.1 Å². The first-order valence-corrected chi connectivity index (χ1v) is 10.7. The van der Waals surface area contributed by atoms with Crippen molar-refractivity contribution in [3.63, 3.8) is 0 Å². The SMILES string of the molecule is Cc1ccccc1C(=O)NCCC(=O)Nc1ccc(N2C(=O)c3ccccc3C2=O)c(Cl)c1. The number of anilines is 2. The van der Waals surface area contributed by atoms with E-state index < -0.39 is 11.8 Å². The number of hydrogen-bond donors (Lipinski definition) is 2. The van der Waals surface area contributed by atoms with Crippen LogP contribution in [-0.4, -0.2) is 30.2 Å². The number of aryl methyl sites for hydroxylation is 1. The fourth-order valence-electron chi connectivity index (χ4n) is 3.61. The third-order valence-corrected chi connectivity index (χ3v) is 5.60. The Balaban J connectivity index is 1.36. The van der Waals surface area contributed by atoms with Crippen LogP contribution >= 0.6 is 11.6 Å². The first kappa shape index (κ1) is 22.2. The molecule has 0 spiro atoms. The van der Waals surface area contributed by atoms with Gasteiger partial charge in [0.1, 0.15) is 0 Å². The molecule has 3 aromatic carbocycles. The van der Waals surface area contributed by atoms with Crippen molar-refractivity contribution < 1.29 is 19.2 Å². The third-order valence-electron chi connectivity index (χ3n) is 5.29. The van der Waals surface area contributed by atoms with Gasteiger partial charge in [-0.15, -0.1) is 0 Å². The molecule has 1 heterocycles. The number of carbonyl (C=O) groups is 4. The number of rotatable bonds is 6. The normalized spacial score (nSPS) is 12.5. The van der Waals surface area contributed by atoms with E-state index >= 15 is 0 Å². The molecule has 7 nitrogen and oxygen atoms in total. The Labute approximate surface area is 195 Å². The number of carbonyl (C=O) groups excluding carboxylic acids is 4. The Bertz CT molecular complexity index is 1250. The van der Waals surface area contributed by atoms with E-state index in [1.54, 1.807) is 42.5 Å². The van der Waals surface area contributed by atoms with Crippen LogP contribution in [0.3, 0.4) is 0 Å². The van der Waals surface area contributed by atoms with Crippen LogP contribution < -0.4 is 15.5 Å². The Hall–Kier alpha value is -3.97. The zero-order valence-electron chi connectivity index (χ0n) is 17.7. The summed E-state index contributed by atoms with van der Waals surface area (Å²) in [6, 6.07) is 18.3. The Morgan fingerprint density at radius 1 is 0.909 bits per heavy atom. The second-order valence-electron chi connectivity index (χ2n) is 7.53. The van der Waals surface area contributed by atoms with Crippen LogP contribution in [0.4, 0.5) is 11.4 Å². The van der Waals surface area contributed by atoms with E-state index in [1.165, 1.54) is 12.1 Å². The van der Waals surface area contributed by atoms with E-state index in [1.807, 2.05) is 19.1 Å². The lowest BCUT2D eigenvalue weighted by Crippen LogP contribution is -2.29. The zero-order chi connectivity index (χ0) is 23.5. The predicted octanol–water partition coefficient (Wildman–Crippen LogP) is 4.21. The van der Waals surface area contributed by atoms with E-state index in [0.29, 0.717) is 22.4 Å². The topological polar surface area (TPSA) is 95.6 Å². The van der Waals surface area contributed by atoms with Crippen LogP contribution in [0.25, 0.3) is 0 Å². The van der Waals surface area contributed by atoms with Crippen LogP contribution in [0.2, 0.25) is 5.02 Å². The van der Waals surface area contributed by atoms with Crippen molar-refractivity contribution in [1.29, 1.82) is 0 Å². The van der Waals surface area contributed by atoms with Crippen molar-refractivity contribution in [1.82, 2.24) is 5.32 Å². The fraction of sp³-hybridized carbons (Fsp3) is 0.120. The smallest absolute Gasteiger partial charge is 0.266 e. The van der Waals surface area contributed by atoms with Gasteiger partial charge in [0.2, 0.25) is 5.91 Å². The lowest BCUT2D eigenvalue weighted by Gasteiger charge is -2.16. The molecule has 0 aromatic heterocycles. The average Bonchev–Trinajstić information content (AvgIpc) is 3.04. The van der Waals surface area contributed by atoms with Gasteiger partial charge in [-0.3, -0.25) is 19.2 Å². The lowest BCUT2D eigenvalue weighted by atomic mass is 10.1. The van der Waals surface area contributed by atoms with Gasteiger partial charge in [0.15, 0.2) is 0 Å². The van der Waals surface area contributed by atoms with E-state index in [2.05, 4.69) is 10.6 Å². The first-order chi connectivity index (χ1) is 15.9. The second kappa shape index (κ2) is 9.26. The third kappa shape index (κ3) is 4.49. The molecule has 0 atom stereocenters. The minimum absolute atomic E-state index is 0.0649. The number of nitrogens with zero attached hydrogens (tertiary/aromatic N) is 1. The quantitative estimate of drug-likeness (QED) is 0.537. The number of fused-ring (bicyclic) bond motifs is 1. The number of benzene rings is 3. The lowest BCUT2D eigenvalue weighted by molar-refractivity contribution is -0.116. The number of nitrogens with one attached hydrogen (secondary N) is 2. The van der Waals surface area contributed by atoms with Crippen LogP contribution in [-0.2, 0) is 4.79 Å². The molecule has 0 saturated carbocycles. The summed E-state index contributed by atoms with van der Waals surface area (Å²) in [5.74, 6) is -1.45. The molecule has 0 bridgehead atoms. The molecule has 0 radical (unpaired) electrons. The van der Waals surface area contributed by atoms with E-state index in [-0.39, 0.29) is 35.5 Å². The second-order valence-corrected chi connectivity index (χ2v) is 7.93. The van der Waals surface area contributed by atoms with Crippen LogP contribution in [0.5, 0.6) is 0 Å². The maximum absolute atomic E-state index is 12.7. The molecule has 33 heavy (non-hydrogen) atoms. The average molecular weight is 462 g/mol. The van der Waals surface area contributed by atoms with E-state index in [9.17, 15) is 19.2 Å². The maximum Gasteiger partial charge on any atom is 0.266 e. The van der Waals surface area contributed by atoms with Gasteiger partial charge < -0.3 is 10.6 Å². The number of hydrogen-bond acceptors (Lipinski definition) is 4. The van der Waals surface area contributed by atoms with Crippen molar-refractivity contribution in [3.8, 4) is 0 Å². The van der Waals surface area contributed by atoms with Crippen molar-refractivity contribution in [3.05, 3.63) is 94.0 Å². The van der Waals surface area contributed by atoms with E-state index in [4.69, 9.17) is 11.6 Å². The van der Waals surface area contributed by atoms with Gasteiger partial charge in [-0.25, -0.2) is 4.90 Å². The number of amides is 4. The standard InChI is InChI=1S/C25H20ClN3O4/c1-15-6-2-3-7-17(15)23(31)27-13-12-22(30)28-16-10-11-21(20(26)14-16)29-24(32)18-8-4-5-9-19(18)25(29)33/h2-11,14H,12-13H2,1H3,(H,27,31)(H,28,30). The molecule has 2 N–H and O–H groups in total. The summed E-state index contributed by atoms with van der Waals surface area (Å²) in [7, 11) is 0. The molecule has 0 saturated heterocycles. The van der Waals surface area contributed by atoms with Crippen molar-refractivity contribution in [2.45, 2.75) is 13.3 Å². The van der Waals surface area contributed by atoms with Gasteiger partial charge >= 0.3 is 0 Å². The van der Waals surface area contributed by atoms with Crippen LogP contribution in [0, 0.1) is 6.92 Å². The first-order valence-electron chi connectivity index (χ1n) is 10.3. The minimum atomic E-state index is -0.446. The predicted molar refractivity (Wildman–Crippen MR) is 126 cm³/mol. The molecule has 4 rings (SSSR count). The Kier molecular flexibility index (Phi) is 6.24. The molecule has 8 heteroatoms. The number of halogens is 1. The fourth-order valence-corrected chi connectivity index (χ4v) is 3.88. The maximum atomic E-state index is 12.7. The molecular weight excluding hydrogens is 442 g/mol. The van der Waals surface area contributed by atoms with Gasteiger partial charge in [0, 0.05) is 24.2 Å². The zero-order valence-corrected chi connectivity index (χ0v) is 18.5. The molecule has 4 amide bonds. The highest BCUT2D eigenvalue weighted by atomic mass is 35.5. The summed E-state index contributed by atoms with van der Waals surface area (Å²) >= 11 is 6.34. The number of imide groups is 1. The van der Waals surface area contributed by atoms with Gasteiger partial charge in [-0.05, 0) is 48.9 Å². The van der Waals surface area contributed by atoms with Crippen LogP contribution in [0.15, 0.2) is 66.7 Å². The van der Waals surface area contributed by atoms with Crippen molar-refractivity contribution in [2.24, 2.45) is 0 Å². The molecule has 1 aliphatic rings. The van der Waals surface area contributed by atoms with Crippen molar-refractivity contribution in [2.75, 3.05) is 16.8 Å². The molecule has 0 fully saturated rings. The van der Waals surface area contributed by atoms with Gasteiger partial charge in [0.25, 0.3) is 17.7 Å². The largest absolute Gasteiger partial charge is 0.352 e. The summed E-state index contributed by atoms with van der Waals surface area (Å²) in [6.07, 6.45) is 0.0649. The highest BCUT2D eigenvalue weighted by Gasteiger charge is 2.37. The molecular formula is C25H20ClN3O4. The summed E-state index contributed by atoms with van der Waals surface area (Å²) < 4.78 is 0. The van der Waals surface area contributed by atoms with Crippen molar-refractivity contribution >= 4 is 46.6 Å². The summed E-state index contributed by atoms with van der Waals surface area (Å²) in [4.78, 5) is 50.9. The molecule has 3 aromatic rings. The molecule has 166 valence electrons. The molecule has 0 unspecified atom stereocenters. The Morgan fingerprint density at radius 2 is 1.55 bits per heavy atom. The van der Waals surface area contributed by atoms with Gasteiger partial charge in [0.05, 0.1) is 21.8 Å². The van der Waals surface area contributed by atoms with Gasteiger partial charge in [-0.2, -0.15) is 0 Å². The summed E-state index contributed by atoms with van der Waals surface area (Å²) in [5.41, 5.74) is 2.72. The molecule has 0 aliphatic carbocycles. The highest BCUT2D eigenvalue weighted by molar-refractivity contribution is 6.40. The summed E-state index contributed by atoms with van der Waals surface area (Å²) in [6.45, 7) is 2.01. The monoisotopic (exact) mass is 461 g/mol. The minimum Gasteiger partial charge on any atom is -0.352 e. The van der Waals surface area contributed by atoms with E-state index in [0.717, 1.165) is 10.5 Å². The summed E-state index contributed by atoms with van der Waals surface area (Å²) in [5, 5.41) is 5.58.